The minimum absolute atomic E-state index is 0.0467. The lowest BCUT2D eigenvalue weighted by Gasteiger charge is -2.18. The quantitative estimate of drug-likeness (QED) is 0.857. The number of aromatic nitrogens is 1. The molecule has 1 aromatic heterocycles. The predicted molar refractivity (Wildman–Crippen MR) is 75.5 cm³/mol. The fourth-order valence-electron chi connectivity index (χ4n) is 1.57. The van der Waals surface area contributed by atoms with Crippen molar-refractivity contribution in [2.75, 3.05) is 0 Å². The fraction of sp³-hybridized carbons (Fsp3) is 0.308. The summed E-state index contributed by atoms with van der Waals surface area (Å²) in [5.41, 5.74) is 8.51. The van der Waals surface area contributed by atoms with E-state index in [9.17, 15) is 0 Å². The molecule has 2 nitrogen and oxygen atoms in total. The summed E-state index contributed by atoms with van der Waals surface area (Å²) in [6, 6.07) is 10.3. The number of aryl methyl sites for hydroxylation is 1. The van der Waals surface area contributed by atoms with Gasteiger partial charge in [-0.2, -0.15) is 0 Å². The SMILES string of the molecule is Cc1csc(SC(C)C(N)c2ccccc2)n1. The molecule has 0 aliphatic carbocycles. The summed E-state index contributed by atoms with van der Waals surface area (Å²) in [7, 11) is 0. The van der Waals surface area contributed by atoms with Gasteiger partial charge in [-0.25, -0.2) is 4.98 Å². The van der Waals surface area contributed by atoms with Gasteiger partial charge in [0.15, 0.2) is 0 Å². The third-order valence-corrected chi connectivity index (χ3v) is 4.86. The molecule has 1 aromatic carbocycles. The zero-order chi connectivity index (χ0) is 12.3. The third kappa shape index (κ3) is 3.31. The molecule has 2 rings (SSSR count). The molecule has 2 N–H and O–H groups in total. The molecule has 0 bridgehead atoms. The second-order valence-electron chi connectivity index (χ2n) is 4.01. The Balaban J connectivity index is 2.03. The summed E-state index contributed by atoms with van der Waals surface area (Å²) >= 11 is 3.44. The van der Waals surface area contributed by atoms with Crippen LogP contribution in [-0.4, -0.2) is 10.2 Å². The summed E-state index contributed by atoms with van der Waals surface area (Å²) < 4.78 is 1.10. The summed E-state index contributed by atoms with van der Waals surface area (Å²) in [5, 5.41) is 2.39. The molecule has 0 fully saturated rings. The number of nitrogens with two attached hydrogens (primary N) is 1. The molecular weight excluding hydrogens is 248 g/mol. The van der Waals surface area contributed by atoms with Gasteiger partial charge >= 0.3 is 0 Å². The van der Waals surface area contributed by atoms with Gasteiger partial charge < -0.3 is 5.73 Å². The van der Waals surface area contributed by atoms with Gasteiger partial charge in [0.2, 0.25) is 0 Å². The van der Waals surface area contributed by atoms with Crippen LogP contribution in [0.15, 0.2) is 40.1 Å². The average molecular weight is 264 g/mol. The molecule has 0 radical (unpaired) electrons. The van der Waals surface area contributed by atoms with Crippen LogP contribution in [0.5, 0.6) is 0 Å². The summed E-state index contributed by atoms with van der Waals surface area (Å²) in [6.45, 7) is 4.17. The maximum absolute atomic E-state index is 6.25. The Morgan fingerprint density at radius 2 is 2.00 bits per heavy atom. The molecule has 1 heterocycles. The van der Waals surface area contributed by atoms with Crippen molar-refractivity contribution >= 4 is 23.1 Å². The molecule has 2 aromatic rings. The topological polar surface area (TPSA) is 38.9 Å². The van der Waals surface area contributed by atoms with Crippen LogP contribution in [0.3, 0.4) is 0 Å². The van der Waals surface area contributed by atoms with Crippen LogP contribution < -0.4 is 5.73 Å². The van der Waals surface area contributed by atoms with Crippen molar-refractivity contribution in [2.24, 2.45) is 5.73 Å². The van der Waals surface area contributed by atoms with Crippen LogP contribution in [0.1, 0.15) is 24.2 Å². The number of thioether (sulfide) groups is 1. The average Bonchev–Trinajstić information content (AvgIpc) is 2.75. The van der Waals surface area contributed by atoms with Crippen LogP contribution >= 0.6 is 23.1 Å². The van der Waals surface area contributed by atoms with E-state index in [1.54, 1.807) is 23.1 Å². The van der Waals surface area contributed by atoms with Crippen molar-refractivity contribution in [2.45, 2.75) is 29.5 Å². The lowest BCUT2D eigenvalue weighted by molar-refractivity contribution is 0.715. The first-order valence-corrected chi connectivity index (χ1v) is 7.32. The number of hydrogen-bond donors (Lipinski definition) is 1. The number of benzene rings is 1. The van der Waals surface area contributed by atoms with E-state index in [4.69, 9.17) is 5.73 Å². The third-order valence-electron chi connectivity index (χ3n) is 2.57. The number of rotatable bonds is 4. The van der Waals surface area contributed by atoms with E-state index in [1.807, 2.05) is 25.1 Å². The van der Waals surface area contributed by atoms with Crippen LogP contribution in [-0.2, 0) is 0 Å². The van der Waals surface area contributed by atoms with Gasteiger partial charge in [-0.3, -0.25) is 0 Å². The van der Waals surface area contributed by atoms with Gasteiger partial charge in [-0.05, 0) is 12.5 Å². The van der Waals surface area contributed by atoms with E-state index in [0.29, 0.717) is 5.25 Å². The van der Waals surface area contributed by atoms with Crippen molar-refractivity contribution in [1.82, 2.24) is 4.98 Å². The maximum atomic E-state index is 6.25. The van der Waals surface area contributed by atoms with Crippen LogP contribution in [0.2, 0.25) is 0 Å². The van der Waals surface area contributed by atoms with E-state index in [2.05, 4.69) is 29.4 Å². The standard InChI is InChI=1S/C13H16N2S2/c1-9-8-16-13(15-9)17-10(2)12(14)11-6-4-3-5-7-11/h3-8,10,12H,14H2,1-2H3. The van der Waals surface area contributed by atoms with E-state index in [-0.39, 0.29) is 6.04 Å². The van der Waals surface area contributed by atoms with Crippen molar-refractivity contribution < 1.29 is 0 Å². The van der Waals surface area contributed by atoms with Crippen molar-refractivity contribution in [1.29, 1.82) is 0 Å². The van der Waals surface area contributed by atoms with E-state index < -0.39 is 0 Å². The molecule has 90 valence electrons. The van der Waals surface area contributed by atoms with Crippen LogP contribution in [0.25, 0.3) is 0 Å². The molecule has 0 saturated heterocycles. The molecule has 2 unspecified atom stereocenters. The summed E-state index contributed by atoms with van der Waals surface area (Å²) in [6.07, 6.45) is 0. The Labute approximate surface area is 110 Å². The summed E-state index contributed by atoms with van der Waals surface area (Å²) in [4.78, 5) is 4.45. The number of thiazole rings is 1. The van der Waals surface area contributed by atoms with E-state index in [1.165, 1.54) is 5.56 Å². The molecule has 0 aliphatic heterocycles. The highest BCUT2D eigenvalue weighted by molar-refractivity contribution is 8.01. The van der Waals surface area contributed by atoms with Gasteiger partial charge in [-0.1, -0.05) is 49.0 Å². The highest BCUT2D eigenvalue weighted by atomic mass is 32.2. The van der Waals surface area contributed by atoms with Crippen LogP contribution in [0, 0.1) is 6.92 Å². The zero-order valence-electron chi connectivity index (χ0n) is 9.96. The lowest BCUT2D eigenvalue weighted by Crippen LogP contribution is -2.20. The predicted octanol–water partition coefficient (Wildman–Crippen LogP) is 3.63. The largest absolute Gasteiger partial charge is 0.323 e. The molecule has 17 heavy (non-hydrogen) atoms. The first-order valence-electron chi connectivity index (χ1n) is 5.56. The Morgan fingerprint density at radius 1 is 1.29 bits per heavy atom. The van der Waals surface area contributed by atoms with Gasteiger partial charge in [0.05, 0.1) is 0 Å². The Bertz CT molecular complexity index is 467. The molecule has 0 amide bonds. The minimum atomic E-state index is 0.0467. The highest BCUT2D eigenvalue weighted by Gasteiger charge is 2.17. The molecule has 0 saturated carbocycles. The first-order chi connectivity index (χ1) is 8.16. The second kappa shape index (κ2) is 5.67. The van der Waals surface area contributed by atoms with Crippen molar-refractivity contribution in [3.05, 3.63) is 47.0 Å². The van der Waals surface area contributed by atoms with Crippen molar-refractivity contribution in [3.63, 3.8) is 0 Å². The molecule has 2 atom stereocenters. The molecule has 0 spiro atoms. The zero-order valence-corrected chi connectivity index (χ0v) is 11.6. The molecule has 4 heteroatoms. The lowest BCUT2D eigenvalue weighted by atomic mass is 10.1. The van der Waals surface area contributed by atoms with Gasteiger partial charge in [0, 0.05) is 22.4 Å². The number of hydrogen-bond acceptors (Lipinski definition) is 4. The fourth-order valence-corrected chi connectivity index (χ4v) is 3.73. The molecular formula is C13H16N2S2. The Hall–Kier alpha value is -0.840. The summed E-state index contributed by atoms with van der Waals surface area (Å²) in [5.74, 6) is 0. The van der Waals surface area contributed by atoms with Gasteiger partial charge in [0.25, 0.3) is 0 Å². The van der Waals surface area contributed by atoms with Gasteiger partial charge in [0.1, 0.15) is 4.34 Å². The minimum Gasteiger partial charge on any atom is -0.323 e. The van der Waals surface area contributed by atoms with Crippen molar-refractivity contribution in [3.8, 4) is 0 Å². The normalized spacial score (nSPS) is 14.5. The van der Waals surface area contributed by atoms with E-state index >= 15 is 0 Å². The highest BCUT2D eigenvalue weighted by Crippen LogP contribution is 2.32. The Morgan fingerprint density at radius 3 is 2.59 bits per heavy atom. The second-order valence-corrected chi connectivity index (χ2v) is 6.50. The van der Waals surface area contributed by atoms with Crippen LogP contribution in [0.4, 0.5) is 0 Å². The smallest absolute Gasteiger partial charge is 0.150 e. The Kier molecular flexibility index (Phi) is 4.20. The maximum Gasteiger partial charge on any atom is 0.150 e. The number of nitrogens with zero attached hydrogens (tertiary/aromatic N) is 1. The van der Waals surface area contributed by atoms with E-state index in [0.717, 1.165) is 10.0 Å². The molecule has 0 aliphatic rings. The monoisotopic (exact) mass is 264 g/mol. The van der Waals surface area contributed by atoms with Gasteiger partial charge in [-0.15, -0.1) is 11.3 Å². The first kappa shape index (κ1) is 12.6.